The van der Waals surface area contributed by atoms with Crippen LogP contribution >= 0.6 is 23.1 Å². The number of nitrogens with zero attached hydrogens (tertiary/aromatic N) is 2. The largest absolute Gasteiger partial charge is 0.356 e. The summed E-state index contributed by atoms with van der Waals surface area (Å²) in [5.41, 5.74) is 0. The summed E-state index contributed by atoms with van der Waals surface area (Å²) in [4.78, 5) is 4.43. The van der Waals surface area contributed by atoms with Crippen LogP contribution < -0.4 is 5.32 Å². The normalized spacial score (nSPS) is 13.1. The van der Waals surface area contributed by atoms with Gasteiger partial charge in [-0.1, -0.05) is 20.8 Å². The molecule has 3 nitrogen and oxygen atoms in total. The Hall–Kier alpha value is -0.350. The first-order chi connectivity index (χ1) is 7.65. The van der Waals surface area contributed by atoms with Crippen LogP contribution in [0.3, 0.4) is 0 Å². The lowest BCUT2D eigenvalue weighted by molar-refractivity contribution is 0.542. The quantitative estimate of drug-likeness (QED) is 0.763. The van der Waals surface area contributed by atoms with Gasteiger partial charge in [-0.3, -0.25) is 0 Å². The molecule has 0 aliphatic rings. The van der Waals surface area contributed by atoms with Crippen molar-refractivity contribution in [1.82, 2.24) is 9.36 Å². The van der Waals surface area contributed by atoms with Gasteiger partial charge in [0.05, 0.1) is 0 Å². The van der Waals surface area contributed by atoms with Crippen molar-refractivity contribution in [2.24, 2.45) is 5.92 Å². The number of hydrogen-bond donors (Lipinski definition) is 1. The first kappa shape index (κ1) is 13.7. The predicted octanol–water partition coefficient (Wildman–Crippen LogP) is 3.56. The summed E-state index contributed by atoms with van der Waals surface area (Å²) in [5.74, 6) is 2.19. The fourth-order valence-corrected chi connectivity index (χ4v) is 2.43. The number of rotatable bonds is 7. The maximum atomic E-state index is 5.92. The second-order valence-electron chi connectivity index (χ2n) is 4.39. The van der Waals surface area contributed by atoms with Crippen LogP contribution in [0.25, 0.3) is 0 Å². The molecular weight excluding hydrogens is 242 g/mol. The highest BCUT2D eigenvalue weighted by atomic mass is 35.5. The van der Waals surface area contributed by atoms with E-state index < -0.39 is 0 Å². The summed E-state index contributed by atoms with van der Waals surface area (Å²) in [7, 11) is 0. The summed E-state index contributed by atoms with van der Waals surface area (Å²) in [6.45, 7) is 6.53. The van der Waals surface area contributed by atoms with Crippen LogP contribution in [0.1, 0.15) is 39.4 Å². The Morgan fingerprint density at radius 2 is 2.19 bits per heavy atom. The summed E-state index contributed by atoms with van der Waals surface area (Å²) in [6, 6.07) is 0.295. The van der Waals surface area contributed by atoms with Crippen LogP contribution in [0.2, 0.25) is 0 Å². The van der Waals surface area contributed by atoms with Crippen LogP contribution in [-0.4, -0.2) is 21.3 Å². The van der Waals surface area contributed by atoms with Crippen molar-refractivity contribution >= 4 is 28.3 Å². The molecule has 0 saturated heterocycles. The third-order valence-electron chi connectivity index (χ3n) is 2.21. The van der Waals surface area contributed by atoms with E-state index in [-0.39, 0.29) is 0 Å². The van der Waals surface area contributed by atoms with Crippen molar-refractivity contribution in [2.75, 3.05) is 11.2 Å². The lowest BCUT2D eigenvalue weighted by Crippen LogP contribution is -2.23. The molecule has 1 aromatic heterocycles. The van der Waals surface area contributed by atoms with Crippen LogP contribution in [0.5, 0.6) is 0 Å². The molecule has 1 heterocycles. The van der Waals surface area contributed by atoms with Gasteiger partial charge in [0.15, 0.2) is 0 Å². The van der Waals surface area contributed by atoms with Gasteiger partial charge in [0, 0.05) is 29.9 Å². The van der Waals surface area contributed by atoms with E-state index in [1.165, 1.54) is 11.5 Å². The number of anilines is 1. The highest BCUT2D eigenvalue weighted by Gasteiger charge is 2.12. The van der Waals surface area contributed by atoms with E-state index >= 15 is 0 Å². The number of hydrogen-bond acceptors (Lipinski definition) is 4. The average Bonchev–Trinajstić information content (AvgIpc) is 2.64. The smallest absolute Gasteiger partial charge is 0.202 e. The molecule has 0 saturated carbocycles. The molecular formula is C11H20ClN3S. The van der Waals surface area contributed by atoms with E-state index in [1.54, 1.807) is 0 Å². The van der Waals surface area contributed by atoms with Gasteiger partial charge in [0.25, 0.3) is 0 Å². The lowest BCUT2D eigenvalue weighted by atomic mass is 10.1. The summed E-state index contributed by atoms with van der Waals surface area (Å²) in [5, 5.41) is 4.25. The Kier molecular flexibility index (Phi) is 6.06. The van der Waals surface area contributed by atoms with Crippen molar-refractivity contribution in [2.45, 2.75) is 46.1 Å². The van der Waals surface area contributed by atoms with E-state index in [4.69, 9.17) is 11.6 Å². The highest BCUT2D eigenvalue weighted by Crippen LogP contribution is 2.17. The number of alkyl halides is 1. The van der Waals surface area contributed by atoms with E-state index in [2.05, 4.69) is 35.4 Å². The Morgan fingerprint density at radius 1 is 1.44 bits per heavy atom. The Bertz CT molecular complexity index is 301. The van der Waals surface area contributed by atoms with Crippen molar-refractivity contribution in [3.63, 3.8) is 0 Å². The van der Waals surface area contributed by atoms with Crippen molar-refractivity contribution < 1.29 is 0 Å². The van der Waals surface area contributed by atoms with Crippen LogP contribution in [0.4, 0.5) is 5.13 Å². The molecule has 1 aromatic rings. The van der Waals surface area contributed by atoms with Gasteiger partial charge in [-0.15, -0.1) is 11.6 Å². The molecule has 0 aliphatic heterocycles. The maximum absolute atomic E-state index is 5.92. The van der Waals surface area contributed by atoms with Gasteiger partial charge < -0.3 is 5.32 Å². The molecule has 0 aromatic carbocycles. The molecule has 0 bridgehead atoms. The average molecular weight is 262 g/mol. The molecule has 1 N–H and O–H groups in total. The predicted molar refractivity (Wildman–Crippen MR) is 71.5 cm³/mol. The molecule has 1 rings (SSSR count). The zero-order valence-corrected chi connectivity index (χ0v) is 11.7. The lowest BCUT2D eigenvalue weighted by Gasteiger charge is -2.16. The standard InChI is InChI=1S/C11H20ClN3S/c1-4-5-10-14-11(16-15-10)13-9(7-12)6-8(2)3/h8-9H,4-7H2,1-3H3,(H,13,14,15). The summed E-state index contributed by atoms with van der Waals surface area (Å²) < 4.78 is 4.30. The second kappa shape index (κ2) is 7.07. The number of aromatic nitrogens is 2. The van der Waals surface area contributed by atoms with Crippen molar-refractivity contribution in [3.8, 4) is 0 Å². The van der Waals surface area contributed by atoms with Crippen LogP contribution in [0.15, 0.2) is 0 Å². The van der Waals surface area contributed by atoms with Gasteiger partial charge in [-0.25, -0.2) is 4.98 Å². The molecule has 1 unspecified atom stereocenters. The Morgan fingerprint density at radius 3 is 2.75 bits per heavy atom. The molecule has 0 spiro atoms. The third-order valence-corrected chi connectivity index (χ3v) is 3.27. The summed E-state index contributed by atoms with van der Waals surface area (Å²) >= 11 is 7.35. The summed E-state index contributed by atoms with van der Waals surface area (Å²) in [6.07, 6.45) is 3.10. The first-order valence-electron chi connectivity index (χ1n) is 5.80. The molecule has 0 aliphatic carbocycles. The first-order valence-corrected chi connectivity index (χ1v) is 7.11. The van der Waals surface area contributed by atoms with Crippen LogP contribution in [0, 0.1) is 5.92 Å². The fraction of sp³-hybridized carbons (Fsp3) is 0.818. The minimum absolute atomic E-state index is 0.295. The van der Waals surface area contributed by atoms with Crippen molar-refractivity contribution in [3.05, 3.63) is 5.82 Å². The van der Waals surface area contributed by atoms with E-state index in [9.17, 15) is 0 Å². The monoisotopic (exact) mass is 261 g/mol. The van der Waals surface area contributed by atoms with Gasteiger partial charge >= 0.3 is 0 Å². The van der Waals surface area contributed by atoms with Crippen LogP contribution in [-0.2, 0) is 6.42 Å². The second-order valence-corrected chi connectivity index (χ2v) is 5.45. The van der Waals surface area contributed by atoms with Gasteiger partial charge in [-0.05, 0) is 18.8 Å². The van der Waals surface area contributed by atoms with Gasteiger partial charge in [0.1, 0.15) is 5.82 Å². The van der Waals surface area contributed by atoms with Gasteiger partial charge in [0.2, 0.25) is 5.13 Å². The Labute approximate surface area is 107 Å². The van der Waals surface area contributed by atoms with E-state index in [0.717, 1.165) is 30.2 Å². The molecule has 0 amide bonds. The Balaban J connectivity index is 2.49. The zero-order chi connectivity index (χ0) is 12.0. The molecule has 5 heteroatoms. The molecule has 92 valence electrons. The SMILES string of the molecule is CCCc1nsc(NC(CCl)CC(C)C)n1. The third kappa shape index (κ3) is 4.66. The van der Waals surface area contributed by atoms with Gasteiger partial charge in [-0.2, -0.15) is 4.37 Å². The van der Waals surface area contributed by atoms with E-state index in [0.29, 0.717) is 17.8 Å². The zero-order valence-electron chi connectivity index (χ0n) is 10.2. The molecule has 1 atom stereocenters. The topological polar surface area (TPSA) is 37.8 Å². The maximum Gasteiger partial charge on any atom is 0.202 e. The molecule has 0 fully saturated rings. The van der Waals surface area contributed by atoms with Crippen molar-refractivity contribution in [1.29, 1.82) is 0 Å². The number of halogens is 1. The fourth-order valence-electron chi connectivity index (χ4n) is 1.54. The number of nitrogens with one attached hydrogen (secondary N) is 1. The number of aryl methyl sites for hydroxylation is 1. The minimum atomic E-state index is 0.295. The molecule has 0 radical (unpaired) electrons. The highest BCUT2D eigenvalue weighted by molar-refractivity contribution is 7.09. The van der Waals surface area contributed by atoms with E-state index in [1.807, 2.05) is 0 Å². The minimum Gasteiger partial charge on any atom is -0.356 e. The molecule has 16 heavy (non-hydrogen) atoms.